The molecule has 0 saturated heterocycles. The van der Waals surface area contributed by atoms with E-state index in [2.05, 4.69) is 66.1 Å². The molecule has 0 radical (unpaired) electrons. The quantitative estimate of drug-likeness (QED) is 0.729. The van der Waals surface area contributed by atoms with Crippen LogP contribution in [0.3, 0.4) is 0 Å². The van der Waals surface area contributed by atoms with Crippen LogP contribution in [0.2, 0.25) is 0 Å². The van der Waals surface area contributed by atoms with Crippen LogP contribution >= 0.6 is 0 Å². The van der Waals surface area contributed by atoms with Crippen molar-refractivity contribution in [1.82, 2.24) is 0 Å². The van der Waals surface area contributed by atoms with Gasteiger partial charge in [0.1, 0.15) is 0 Å². The van der Waals surface area contributed by atoms with Gasteiger partial charge in [0.25, 0.3) is 0 Å². The molecule has 134 valence electrons. The minimum absolute atomic E-state index is 0.0195. The van der Waals surface area contributed by atoms with Gasteiger partial charge in [0, 0.05) is 23.2 Å². The Morgan fingerprint density at radius 3 is 2.81 bits per heavy atom. The first-order valence-electron chi connectivity index (χ1n) is 9.47. The molecule has 3 atom stereocenters. The Bertz CT molecular complexity index is 868. The first-order valence-corrected chi connectivity index (χ1v) is 9.47. The van der Waals surface area contributed by atoms with Gasteiger partial charge < -0.3 is 10.6 Å². The van der Waals surface area contributed by atoms with Crippen molar-refractivity contribution < 1.29 is 4.79 Å². The lowest BCUT2D eigenvalue weighted by atomic mass is 9.76. The molecule has 3 heteroatoms. The van der Waals surface area contributed by atoms with E-state index in [0.29, 0.717) is 17.9 Å². The summed E-state index contributed by atoms with van der Waals surface area (Å²) in [6.07, 6.45) is 5.72. The topological polar surface area (TPSA) is 41.1 Å². The molecule has 4 rings (SSSR count). The van der Waals surface area contributed by atoms with Crippen molar-refractivity contribution in [3.05, 3.63) is 71.3 Å². The van der Waals surface area contributed by atoms with Crippen LogP contribution in [0.25, 0.3) is 0 Å². The van der Waals surface area contributed by atoms with Crippen molar-refractivity contribution in [3.8, 4) is 0 Å². The van der Waals surface area contributed by atoms with Gasteiger partial charge in [-0.3, -0.25) is 4.79 Å². The number of carbonyl (C=O) groups excluding carboxylic acids is 1. The fourth-order valence-electron chi connectivity index (χ4n) is 4.15. The highest BCUT2D eigenvalue weighted by Crippen LogP contribution is 2.50. The number of anilines is 2. The number of allylic oxidation sites excluding steroid dienone is 2. The van der Waals surface area contributed by atoms with E-state index in [1.807, 2.05) is 19.9 Å². The van der Waals surface area contributed by atoms with Gasteiger partial charge in [-0.15, -0.1) is 0 Å². The van der Waals surface area contributed by atoms with Crippen LogP contribution in [0.15, 0.2) is 54.6 Å². The summed E-state index contributed by atoms with van der Waals surface area (Å²) in [5.41, 5.74) is 5.99. The number of amides is 1. The second-order valence-electron chi connectivity index (χ2n) is 7.84. The van der Waals surface area contributed by atoms with Crippen molar-refractivity contribution in [2.75, 3.05) is 10.6 Å². The van der Waals surface area contributed by atoms with Crippen molar-refractivity contribution in [1.29, 1.82) is 0 Å². The van der Waals surface area contributed by atoms with Crippen LogP contribution in [-0.4, -0.2) is 5.91 Å². The largest absolute Gasteiger partial charge is 0.378 e. The molecule has 0 spiro atoms. The second kappa shape index (κ2) is 6.64. The molecule has 0 fully saturated rings. The van der Waals surface area contributed by atoms with Gasteiger partial charge in [0.05, 0.1) is 6.04 Å². The van der Waals surface area contributed by atoms with Crippen molar-refractivity contribution in [2.24, 2.45) is 11.8 Å². The Labute approximate surface area is 155 Å². The minimum atomic E-state index is -0.0195. The molecule has 1 heterocycles. The number of aryl methyl sites for hydroxylation is 1. The molecule has 0 saturated carbocycles. The van der Waals surface area contributed by atoms with Crippen molar-refractivity contribution in [2.45, 2.75) is 39.2 Å². The first kappa shape index (κ1) is 16.9. The van der Waals surface area contributed by atoms with Gasteiger partial charge in [-0.05, 0) is 48.6 Å². The number of carbonyl (C=O) groups is 1. The summed E-state index contributed by atoms with van der Waals surface area (Å²) in [5.74, 6) is 0.951. The summed E-state index contributed by atoms with van der Waals surface area (Å²) >= 11 is 0. The summed E-state index contributed by atoms with van der Waals surface area (Å²) in [7, 11) is 0. The Kier molecular flexibility index (Phi) is 4.31. The zero-order chi connectivity index (χ0) is 18.3. The zero-order valence-corrected chi connectivity index (χ0v) is 15.6. The Morgan fingerprint density at radius 2 is 2.04 bits per heavy atom. The maximum atomic E-state index is 12.0. The van der Waals surface area contributed by atoms with Gasteiger partial charge in [-0.1, -0.05) is 55.8 Å². The summed E-state index contributed by atoms with van der Waals surface area (Å²) in [4.78, 5) is 12.0. The van der Waals surface area contributed by atoms with E-state index < -0.39 is 0 Å². The van der Waals surface area contributed by atoms with Crippen LogP contribution in [0.1, 0.15) is 48.9 Å². The predicted molar refractivity (Wildman–Crippen MR) is 107 cm³/mol. The first-order chi connectivity index (χ1) is 12.5. The molecule has 0 bridgehead atoms. The molecule has 3 unspecified atom stereocenters. The van der Waals surface area contributed by atoms with Gasteiger partial charge in [-0.2, -0.15) is 0 Å². The third kappa shape index (κ3) is 3.03. The lowest BCUT2D eigenvalue weighted by Gasteiger charge is -2.38. The molecular weight excluding hydrogens is 320 g/mol. The monoisotopic (exact) mass is 346 g/mol. The summed E-state index contributed by atoms with van der Waals surface area (Å²) in [5, 5.41) is 6.79. The van der Waals surface area contributed by atoms with Crippen LogP contribution < -0.4 is 10.6 Å². The highest BCUT2D eigenvalue weighted by atomic mass is 16.1. The number of nitrogens with one attached hydrogen (secondary N) is 2. The lowest BCUT2D eigenvalue weighted by Crippen LogP contribution is -2.29. The Morgan fingerprint density at radius 1 is 1.19 bits per heavy atom. The van der Waals surface area contributed by atoms with E-state index in [4.69, 9.17) is 0 Å². The number of hydrogen-bond donors (Lipinski definition) is 2. The molecule has 0 aromatic heterocycles. The normalized spacial score (nSPS) is 23.3. The van der Waals surface area contributed by atoms with Crippen LogP contribution in [-0.2, 0) is 4.79 Å². The van der Waals surface area contributed by atoms with E-state index in [1.54, 1.807) is 0 Å². The summed E-state index contributed by atoms with van der Waals surface area (Å²) in [6.45, 7) is 5.98. The van der Waals surface area contributed by atoms with Gasteiger partial charge >= 0.3 is 0 Å². The number of hydrogen-bond acceptors (Lipinski definition) is 2. The predicted octanol–water partition coefficient (Wildman–Crippen LogP) is 5.42. The van der Waals surface area contributed by atoms with Gasteiger partial charge in [-0.25, -0.2) is 0 Å². The molecular formula is C23H26N2O. The highest BCUT2D eigenvalue weighted by molar-refractivity contribution is 5.92. The number of fused-ring (bicyclic) bond motifs is 3. The van der Waals surface area contributed by atoms with E-state index in [9.17, 15) is 4.79 Å². The molecule has 26 heavy (non-hydrogen) atoms. The number of rotatable bonds is 3. The maximum absolute atomic E-state index is 12.0. The molecule has 3 nitrogen and oxygen atoms in total. The fraction of sp³-hybridized carbons (Fsp3) is 0.348. The van der Waals surface area contributed by atoms with E-state index in [-0.39, 0.29) is 11.8 Å². The lowest BCUT2D eigenvalue weighted by molar-refractivity contribution is -0.118. The summed E-state index contributed by atoms with van der Waals surface area (Å²) < 4.78 is 0. The SMILES string of the molecule is Cc1cccc(C2Nc3ccc(NC(=O)C(C)C)cc3C3C=CCC32)c1. The van der Waals surface area contributed by atoms with E-state index >= 15 is 0 Å². The van der Waals surface area contributed by atoms with Crippen LogP contribution in [0, 0.1) is 18.8 Å². The Balaban J connectivity index is 1.68. The number of benzene rings is 2. The average molecular weight is 346 g/mol. The van der Waals surface area contributed by atoms with Crippen LogP contribution in [0.4, 0.5) is 11.4 Å². The van der Waals surface area contributed by atoms with Crippen molar-refractivity contribution >= 4 is 17.3 Å². The average Bonchev–Trinajstić information content (AvgIpc) is 3.11. The summed E-state index contributed by atoms with van der Waals surface area (Å²) in [6, 6.07) is 15.4. The Hall–Kier alpha value is -2.55. The molecule has 2 N–H and O–H groups in total. The molecule has 2 aliphatic rings. The highest BCUT2D eigenvalue weighted by Gasteiger charge is 2.37. The van der Waals surface area contributed by atoms with E-state index in [1.165, 1.54) is 22.4 Å². The van der Waals surface area contributed by atoms with Gasteiger partial charge in [0.15, 0.2) is 0 Å². The third-order valence-corrected chi connectivity index (χ3v) is 5.56. The van der Waals surface area contributed by atoms with E-state index in [0.717, 1.165) is 12.1 Å². The fourth-order valence-corrected chi connectivity index (χ4v) is 4.15. The van der Waals surface area contributed by atoms with Crippen LogP contribution in [0.5, 0.6) is 0 Å². The smallest absolute Gasteiger partial charge is 0.226 e. The molecule has 1 aliphatic carbocycles. The molecule has 1 aliphatic heterocycles. The van der Waals surface area contributed by atoms with Crippen molar-refractivity contribution in [3.63, 3.8) is 0 Å². The second-order valence-corrected chi connectivity index (χ2v) is 7.84. The van der Waals surface area contributed by atoms with Gasteiger partial charge in [0.2, 0.25) is 5.91 Å². The zero-order valence-electron chi connectivity index (χ0n) is 15.6. The third-order valence-electron chi connectivity index (χ3n) is 5.56. The molecule has 2 aromatic carbocycles. The molecule has 1 amide bonds. The molecule has 2 aromatic rings. The minimum Gasteiger partial charge on any atom is -0.378 e. The standard InChI is InChI=1S/C23H26N2O/c1-14(2)23(26)24-17-10-11-21-20(13-17)18-8-5-9-19(18)22(25-21)16-7-4-6-15(3)12-16/h4-8,10-14,18-19,22,25H,9H2,1-3H3,(H,24,26). The maximum Gasteiger partial charge on any atom is 0.226 e.